The van der Waals surface area contributed by atoms with Gasteiger partial charge in [0.25, 0.3) is 0 Å². The van der Waals surface area contributed by atoms with Gasteiger partial charge in [0, 0.05) is 0 Å². The predicted molar refractivity (Wildman–Crippen MR) is 47.9 cm³/mol. The minimum atomic E-state index is -4.42. The molecule has 0 unspecified atom stereocenters. The molecule has 0 aliphatic carbocycles. The van der Waals surface area contributed by atoms with Gasteiger partial charge in [0.15, 0.2) is 20.6 Å². The van der Waals surface area contributed by atoms with Crippen LogP contribution < -0.4 is 34.9 Å². The Morgan fingerprint density at radius 3 is 0.667 bits per heavy atom. The minimum Gasteiger partial charge on any atom is -0.736 e. The average Bonchev–Trinajstić information content (AvgIpc) is 1.12. The second kappa shape index (κ2) is 16.7. The third kappa shape index (κ3) is 29800. The fourth-order valence-corrected chi connectivity index (χ4v) is 0. The van der Waals surface area contributed by atoms with Crippen molar-refractivity contribution >= 4 is 20.6 Å². The summed E-state index contributed by atoms with van der Waals surface area (Å²) >= 11 is 0. The monoisotopic (exact) mass is 455 g/mol. The van der Waals surface area contributed by atoms with E-state index in [4.69, 9.17) is 25.9 Å². The molecule has 0 heterocycles. The van der Waals surface area contributed by atoms with Crippen molar-refractivity contribution in [3.05, 3.63) is 0 Å². The Bertz CT molecular complexity index is 222. The molecule has 15 heavy (non-hydrogen) atoms. The first kappa shape index (κ1) is 45.5. The van der Waals surface area contributed by atoms with E-state index in [-0.39, 0.29) is 45.7 Å². The molecule has 104 valence electrons. The maximum Gasteiger partial charge on any atom is 2.00 e. The van der Waals surface area contributed by atoms with Gasteiger partial charge in [0.1, 0.15) is 0 Å². The molecule has 0 aliphatic heterocycles. The van der Waals surface area contributed by atoms with Crippen LogP contribution in [0.1, 0.15) is 0 Å². The summed E-state index contributed by atoms with van der Waals surface area (Å²) in [5.41, 5.74) is 0. The summed E-state index contributed by atoms with van der Waals surface area (Å²) in [5, 5.41) is 7.54. The van der Waals surface area contributed by atoms with Crippen molar-refractivity contribution in [1.29, 1.82) is 0 Å². The molecule has 15 heteroatoms. The predicted octanol–water partition coefficient (Wildman–Crippen LogP) is -2.54. The van der Waals surface area contributed by atoms with E-state index in [1.165, 1.54) is 0 Å². The average molecular weight is 455 g/mol. The molecular weight excluding hydrogens is 439 g/mol. The molecule has 0 aromatic rings. The Hall–Kier alpha value is 0.268. The van der Waals surface area contributed by atoms with E-state index in [0.29, 0.717) is 0 Å². The summed E-state index contributed by atoms with van der Waals surface area (Å²) in [4.78, 5) is 0. The normalized spacial score (nSPS) is 7.73. The van der Waals surface area contributed by atoms with E-state index < -0.39 is 20.6 Å². The first-order valence-electron chi connectivity index (χ1n) is 1.47. The molecular formula is H16N6O6PtS2. The van der Waals surface area contributed by atoms with Gasteiger partial charge in [-0.1, -0.05) is 0 Å². The Morgan fingerprint density at radius 1 is 0.667 bits per heavy atom. The van der Waals surface area contributed by atoms with E-state index in [2.05, 4.69) is 10.3 Å². The molecule has 0 bridgehead atoms. The first-order valence-corrected chi connectivity index (χ1v) is 4.41. The molecule has 16 N–H and O–H groups in total. The van der Waals surface area contributed by atoms with Crippen molar-refractivity contribution in [3.63, 3.8) is 0 Å². The van der Waals surface area contributed by atoms with Gasteiger partial charge in [-0.25, -0.2) is 27.1 Å². The second-order valence-corrected chi connectivity index (χ2v) is 2.96. The van der Waals surface area contributed by atoms with E-state index in [1.807, 2.05) is 0 Å². The van der Waals surface area contributed by atoms with Gasteiger partial charge in [-0.3, -0.25) is 0 Å². The fourth-order valence-electron chi connectivity index (χ4n) is 0. The quantitative estimate of drug-likeness (QED) is 0.208. The van der Waals surface area contributed by atoms with Gasteiger partial charge in [-0.15, -0.1) is 0 Å². The van der Waals surface area contributed by atoms with Crippen LogP contribution in [0.25, 0.3) is 0 Å². The maximum absolute atomic E-state index is 8.85. The molecule has 0 saturated heterocycles. The fraction of sp³-hybridized carbons (Fsp3) is 0. The van der Waals surface area contributed by atoms with E-state index >= 15 is 0 Å². The molecule has 0 amide bonds. The summed E-state index contributed by atoms with van der Waals surface area (Å²) in [5.74, 6) is 0. The number of hydrogen-bond donors (Lipinski definition) is 6. The van der Waals surface area contributed by atoms with Gasteiger partial charge in [-0.05, 0) is 0 Å². The molecule has 0 spiro atoms. The van der Waals surface area contributed by atoms with Crippen LogP contribution in [0, 0.1) is 0 Å². The molecule has 0 atom stereocenters. The Kier molecular flexibility index (Phi) is 50.6. The van der Waals surface area contributed by atoms with E-state index in [1.54, 1.807) is 0 Å². The largest absolute Gasteiger partial charge is 2.00 e. The summed E-state index contributed by atoms with van der Waals surface area (Å²) in [7, 11) is -8.83. The zero-order valence-electron chi connectivity index (χ0n) is 7.57. The van der Waals surface area contributed by atoms with Gasteiger partial charge in [0.05, 0.1) is 0 Å². The number of hydrogen-bond acceptors (Lipinski definition) is 10. The van der Waals surface area contributed by atoms with Crippen LogP contribution >= 0.6 is 0 Å². The Labute approximate surface area is 103 Å². The molecule has 0 aromatic heterocycles. The summed E-state index contributed by atoms with van der Waals surface area (Å²) in [6.45, 7) is 0. The van der Waals surface area contributed by atoms with Crippen LogP contribution in [0.5, 0.6) is 0 Å². The topological polar surface area (TPSA) is 306 Å². The van der Waals surface area contributed by atoms with Crippen LogP contribution in [-0.2, 0) is 41.7 Å². The Balaban J connectivity index is -0.0000000128. The molecule has 0 aromatic carbocycles. The van der Waals surface area contributed by atoms with Crippen molar-refractivity contribution in [2.24, 2.45) is 10.3 Å². The van der Waals surface area contributed by atoms with Crippen LogP contribution in [0.4, 0.5) is 0 Å². The summed E-state index contributed by atoms with van der Waals surface area (Å²) in [6.07, 6.45) is 0. The first-order chi connectivity index (χ1) is 4.00. The second-order valence-electron chi connectivity index (χ2n) is 0.986. The van der Waals surface area contributed by atoms with Gasteiger partial charge >= 0.3 is 21.1 Å². The molecule has 0 fully saturated rings. The van der Waals surface area contributed by atoms with Crippen molar-refractivity contribution in [2.75, 3.05) is 0 Å². The van der Waals surface area contributed by atoms with Crippen molar-refractivity contribution < 1.29 is 47.0 Å². The Morgan fingerprint density at radius 2 is 0.667 bits per heavy atom. The van der Waals surface area contributed by atoms with Crippen LogP contribution in [-0.4, -0.2) is 25.9 Å². The van der Waals surface area contributed by atoms with Crippen molar-refractivity contribution in [1.82, 2.24) is 24.6 Å². The molecule has 0 saturated carbocycles. The van der Waals surface area contributed by atoms with Gasteiger partial charge in [0.2, 0.25) is 0 Å². The number of nitrogens with two attached hydrogens (primary N) is 2. The SMILES string of the molecule is N.N.N.N.NS(=O)(=O)[O-].NS(=O)(=O)[O-].[Pt+2]. The molecule has 12 nitrogen and oxygen atoms in total. The third-order valence-electron chi connectivity index (χ3n) is 0. The zero-order chi connectivity index (χ0) is 9.00. The van der Waals surface area contributed by atoms with Crippen molar-refractivity contribution in [3.8, 4) is 0 Å². The van der Waals surface area contributed by atoms with E-state index in [0.717, 1.165) is 0 Å². The van der Waals surface area contributed by atoms with Gasteiger partial charge < -0.3 is 33.7 Å². The zero-order valence-corrected chi connectivity index (χ0v) is 11.5. The van der Waals surface area contributed by atoms with Crippen LogP contribution in [0.15, 0.2) is 0 Å². The molecule has 0 rings (SSSR count). The maximum atomic E-state index is 8.85. The molecule has 0 radical (unpaired) electrons. The summed E-state index contributed by atoms with van der Waals surface area (Å²) in [6, 6.07) is 0. The summed E-state index contributed by atoms with van der Waals surface area (Å²) < 4.78 is 53.1. The van der Waals surface area contributed by atoms with Crippen molar-refractivity contribution in [2.45, 2.75) is 0 Å². The van der Waals surface area contributed by atoms with Crippen LogP contribution in [0.3, 0.4) is 0 Å². The minimum absolute atomic E-state index is 0. The smallest absolute Gasteiger partial charge is 0.736 e. The molecule has 0 aliphatic rings. The number of rotatable bonds is 0. The standard InChI is InChI=1S/2H3NO3S.4H3N.Pt/c2*1-5(2,3)4;;;;;/h2*(H3,1,2,3,4);4*1H3;/q;;;;;;+2/p-2. The van der Waals surface area contributed by atoms with E-state index in [9.17, 15) is 0 Å². The van der Waals surface area contributed by atoms with Crippen LogP contribution in [0.2, 0.25) is 0 Å². The van der Waals surface area contributed by atoms with Gasteiger partial charge in [-0.2, -0.15) is 0 Å². The third-order valence-corrected chi connectivity index (χ3v) is 0.